The molecule has 0 aromatic carbocycles. The summed E-state index contributed by atoms with van der Waals surface area (Å²) >= 11 is 0. The van der Waals surface area contributed by atoms with Crippen molar-refractivity contribution in [1.29, 1.82) is 0 Å². The normalized spacial score (nSPS) is 21.3. The van der Waals surface area contributed by atoms with Crippen LogP contribution >= 0.6 is 0 Å². The van der Waals surface area contributed by atoms with E-state index in [4.69, 9.17) is 10.5 Å². The van der Waals surface area contributed by atoms with E-state index < -0.39 is 12.0 Å². The zero-order chi connectivity index (χ0) is 9.68. The molecule has 5 heteroatoms. The molecular weight excluding hydrogens is 172 g/mol. The van der Waals surface area contributed by atoms with Crippen molar-refractivity contribution in [2.75, 3.05) is 32.8 Å². The Morgan fingerprint density at radius 1 is 1.54 bits per heavy atom. The third kappa shape index (κ3) is 4.21. The first-order valence-electron chi connectivity index (χ1n) is 4.45. The lowest BCUT2D eigenvalue weighted by atomic mass is 10.2. The van der Waals surface area contributed by atoms with Crippen molar-refractivity contribution in [1.82, 2.24) is 4.90 Å². The highest BCUT2D eigenvalue weighted by Gasteiger charge is 2.15. The van der Waals surface area contributed by atoms with Crippen LogP contribution in [0.3, 0.4) is 0 Å². The number of hydrogen-bond acceptors (Lipinski definition) is 4. The molecule has 0 aromatic heterocycles. The van der Waals surface area contributed by atoms with E-state index in [9.17, 15) is 9.90 Å². The first-order valence-corrected chi connectivity index (χ1v) is 4.45. The maximum atomic E-state index is 10.5. The minimum Gasteiger partial charge on any atom is -0.391 e. The Kier molecular flexibility index (Phi) is 4.14. The third-order valence-corrected chi connectivity index (χ3v) is 2.01. The predicted molar refractivity (Wildman–Crippen MR) is 47.1 cm³/mol. The number of β-amino-alcohol motifs (C(OH)–C–C–N with tert-alkyl or cyclic N) is 1. The number of ether oxygens (including phenoxy) is 1. The van der Waals surface area contributed by atoms with Gasteiger partial charge in [0, 0.05) is 19.6 Å². The van der Waals surface area contributed by atoms with Gasteiger partial charge in [0.25, 0.3) is 0 Å². The average molecular weight is 188 g/mol. The number of primary amides is 1. The van der Waals surface area contributed by atoms with Crippen molar-refractivity contribution in [3.05, 3.63) is 0 Å². The molecule has 0 saturated carbocycles. The number of aliphatic hydroxyl groups is 1. The number of rotatable bonds is 4. The minimum atomic E-state index is -0.643. The molecule has 5 nitrogen and oxygen atoms in total. The van der Waals surface area contributed by atoms with E-state index in [1.165, 1.54) is 0 Å². The van der Waals surface area contributed by atoms with Gasteiger partial charge >= 0.3 is 0 Å². The van der Waals surface area contributed by atoms with Crippen molar-refractivity contribution in [2.24, 2.45) is 5.73 Å². The summed E-state index contributed by atoms with van der Waals surface area (Å²) in [5.74, 6) is -0.458. The van der Waals surface area contributed by atoms with E-state index in [2.05, 4.69) is 4.90 Å². The summed E-state index contributed by atoms with van der Waals surface area (Å²) in [6.45, 7) is 3.53. The largest absolute Gasteiger partial charge is 0.391 e. The number of hydrogen-bond donors (Lipinski definition) is 2. The van der Waals surface area contributed by atoms with Crippen LogP contribution in [0.25, 0.3) is 0 Å². The first-order chi connectivity index (χ1) is 6.18. The highest BCUT2D eigenvalue weighted by atomic mass is 16.5. The molecule has 13 heavy (non-hydrogen) atoms. The van der Waals surface area contributed by atoms with Gasteiger partial charge in [-0.25, -0.2) is 0 Å². The van der Waals surface area contributed by atoms with Crippen LogP contribution in [0.4, 0.5) is 0 Å². The van der Waals surface area contributed by atoms with E-state index >= 15 is 0 Å². The molecule has 1 atom stereocenters. The summed E-state index contributed by atoms with van der Waals surface area (Å²) in [7, 11) is 0. The van der Waals surface area contributed by atoms with Crippen molar-refractivity contribution < 1.29 is 14.6 Å². The number of nitrogens with two attached hydrogens (primary N) is 1. The van der Waals surface area contributed by atoms with Crippen LogP contribution < -0.4 is 5.73 Å². The first kappa shape index (κ1) is 10.4. The lowest BCUT2D eigenvalue weighted by Crippen LogP contribution is -2.41. The molecule has 1 heterocycles. The summed E-state index contributed by atoms with van der Waals surface area (Å²) in [6.07, 6.45) is -0.604. The van der Waals surface area contributed by atoms with Crippen LogP contribution in [0.1, 0.15) is 6.42 Å². The molecule has 1 aliphatic heterocycles. The SMILES string of the molecule is NC(=O)CC(O)CN1CCOCC1. The summed E-state index contributed by atoms with van der Waals surface area (Å²) in [5, 5.41) is 9.39. The standard InChI is InChI=1S/C8H16N2O3/c9-8(12)5-7(11)6-10-1-3-13-4-2-10/h7,11H,1-6H2,(H2,9,12). The van der Waals surface area contributed by atoms with E-state index in [-0.39, 0.29) is 6.42 Å². The Morgan fingerprint density at radius 3 is 2.69 bits per heavy atom. The molecule has 0 spiro atoms. The molecule has 3 N–H and O–H groups in total. The van der Waals surface area contributed by atoms with Crippen molar-refractivity contribution in [2.45, 2.75) is 12.5 Å². The molecule has 0 aromatic rings. The lowest BCUT2D eigenvalue weighted by Gasteiger charge is -2.28. The van der Waals surface area contributed by atoms with Gasteiger partial charge in [0.15, 0.2) is 0 Å². The summed E-state index contributed by atoms with van der Waals surface area (Å²) < 4.78 is 5.15. The fourth-order valence-electron chi connectivity index (χ4n) is 1.38. The van der Waals surface area contributed by atoms with Gasteiger partial charge in [-0.2, -0.15) is 0 Å². The van der Waals surface area contributed by atoms with E-state index in [1.54, 1.807) is 0 Å². The van der Waals surface area contributed by atoms with Crippen LogP contribution in [0, 0.1) is 0 Å². The molecule has 1 saturated heterocycles. The zero-order valence-electron chi connectivity index (χ0n) is 7.61. The Labute approximate surface area is 77.5 Å². The highest BCUT2D eigenvalue weighted by molar-refractivity contribution is 5.74. The molecule has 1 fully saturated rings. The predicted octanol–water partition coefficient (Wildman–Crippen LogP) is -1.45. The van der Waals surface area contributed by atoms with Crippen LogP contribution in [-0.4, -0.2) is 54.9 Å². The van der Waals surface area contributed by atoms with Gasteiger partial charge in [-0.15, -0.1) is 0 Å². The van der Waals surface area contributed by atoms with Gasteiger partial charge < -0.3 is 15.6 Å². The summed E-state index contributed by atoms with van der Waals surface area (Å²) in [6, 6.07) is 0. The number of morpholine rings is 1. The molecule has 1 aliphatic rings. The van der Waals surface area contributed by atoms with Crippen LogP contribution in [0.15, 0.2) is 0 Å². The van der Waals surface area contributed by atoms with Gasteiger partial charge in [0.05, 0.1) is 25.7 Å². The lowest BCUT2D eigenvalue weighted by molar-refractivity contribution is -0.120. The zero-order valence-corrected chi connectivity index (χ0v) is 7.61. The van der Waals surface area contributed by atoms with Gasteiger partial charge in [0.1, 0.15) is 0 Å². The molecule has 0 radical (unpaired) electrons. The van der Waals surface area contributed by atoms with Crippen LogP contribution in [-0.2, 0) is 9.53 Å². The molecule has 76 valence electrons. The van der Waals surface area contributed by atoms with Crippen molar-refractivity contribution >= 4 is 5.91 Å². The molecule has 1 unspecified atom stereocenters. The van der Waals surface area contributed by atoms with Crippen molar-refractivity contribution in [3.63, 3.8) is 0 Å². The monoisotopic (exact) mass is 188 g/mol. The summed E-state index contributed by atoms with van der Waals surface area (Å²) in [5.41, 5.74) is 4.96. The second kappa shape index (κ2) is 5.16. The Balaban J connectivity index is 2.18. The molecule has 1 rings (SSSR count). The number of carbonyl (C=O) groups excluding carboxylic acids is 1. The van der Waals surface area contributed by atoms with Crippen molar-refractivity contribution in [3.8, 4) is 0 Å². The average Bonchev–Trinajstić information content (AvgIpc) is 2.04. The molecule has 1 amide bonds. The smallest absolute Gasteiger partial charge is 0.220 e. The van der Waals surface area contributed by atoms with Gasteiger partial charge in [-0.3, -0.25) is 9.69 Å². The quantitative estimate of drug-likeness (QED) is 0.566. The Morgan fingerprint density at radius 2 is 2.15 bits per heavy atom. The van der Waals surface area contributed by atoms with Gasteiger partial charge in [0.2, 0.25) is 5.91 Å². The van der Waals surface area contributed by atoms with Crippen LogP contribution in [0.2, 0.25) is 0 Å². The maximum absolute atomic E-state index is 10.5. The number of carbonyl (C=O) groups is 1. The fourth-order valence-corrected chi connectivity index (χ4v) is 1.38. The molecular formula is C8H16N2O3. The highest BCUT2D eigenvalue weighted by Crippen LogP contribution is 2.00. The second-order valence-electron chi connectivity index (χ2n) is 3.24. The van der Waals surface area contributed by atoms with E-state index in [0.717, 1.165) is 13.1 Å². The third-order valence-electron chi connectivity index (χ3n) is 2.01. The van der Waals surface area contributed by atoms with Gasteiger partial charge in [-0.1, -0.05) is 0 Å². The van der Waals surface area contributed by atoms with Crippen LogP contribution in [0.5, 0.6) is 0 Å². The topological polar surface area (TPSA) is 75.8 Å². The molecule has 0 bridgehead atoms. The molecule has 0 aliphatic carbocycles. The minimum absolute atomic E-state index is 0.0390. The van der Waals surface area contributed by atoms with E-state index in [1.807, 2.05) is 0 Å². The number of nitrogens with zero attached hydrogens (tertiary/aromatic N) is 1. The fraction of sp³-hybridized carbons (Fsp3) is 0.875. The number of amides is 1. The van der Waals surface area contributed by atoms with Gasteiger partial charge in [-0.05, 0) is 0 Å². The number of aliphatic hydroxyl groups excluding tert-OH is 1. The summed E-state index contributed by atoms with van der Waals surface area (Å²) in [4.78, 5) is 12.5. The maximum Gasteiger partial charge on any atom is 0.220 e. The Hall–Kier alpha value is -0.650. The van der Waals surface area contributed by atoms with E-state index in [0.29, 0.717) is 19.8 Å². The second-order valence-corrected chi connectivity index (χ2v) is 3.24. The Bertz CT molecular complexity index is 169.